The number of anilines is 1. The van der Waals surface area contributed by atoms with E-state index in [-0.39, 0.29) is 11.6 Å². The Kier molecular flexibility index (Phi) is 4.41. The lowest BCUT2D eigenvalue weighted by Crippen LogP contribution is -2.45. The molecule has 1 aliphatic heterocycles. The first-order chi connectivity index (χ1) is 9.84. The number of ether oxygens (including phenoxy) is 1. The van der Waals surface area contributed by atoms with E-state index in [9.17, 15) is 13.2 Å². The first-order valence-electron chi connectivity index (χ1n) is 6.74. The lowest BCUT2D eigenvalue weighted by Gasteiger charge is -2.37. The molecule has 0 bridgehead atoms. The summed E-state index contributed by atoms with van der Waals surface area (Å²) < 4.78 is 44.2. The highest BCUT2D eigenvalue weighted by atomic mass is 19.4. The molecular weight excluding hydrogens is 283 g/mol. The molecule has 21 heavy (non-hydrogen) atoms. The van der Waals surface area contributed by atoms with Crippen molar-refractivity contribution >= 4 is 11.5 Å². The summed E-state index contributed by atoms with van der Waals surface area (Å²) in [4.78, 5) is 2.01. The van der Waals surface area contributed by atoms with Crippen LogP contribution in [0.3, 0.4) is 0 Å². The van der Waals surface area contributed by atoms with Crippen molar-refractivity contribution in [3.05, 3.63) is 29.3 Å². The van der Waals surface area contributed by atoms with Crippen molar-refractivity contribution in [1.82, 2.24) is 0 Å². The van der Waals surface area contributed by atoms with Crippen molar-refractivity contribution in [2.45, 2.75) is 25.6 Å². The Hall–Kier alpha value is -1.76. The average Bonchev–Trinajstić information content (AvgIpc) is 2.45. The zero-order chi connectivity index (χ0) is 15.6. The van der Waals surface area contributed by atoms with E-state index in [2.05, 4.69) is 0 Å². The van der Waals surface area contributed by atoms with Crippen LogP contribution >= 0.6 is 0 Å². The van der Waals surface area contributed by atoms with E-state index in [0.29, 0.717) is 25.4 Å². The molecule has 3 N–H and O–H groups in total. The summed E-state index contributed by atoms with van der Waals surface area (Å²) in [7, 11) is 0. The highest BCUT2D eigenvalue weighted by molar-refractivity contribution is 5.97. The largest absolute Gasteiger partial charge is 0.417 e. The van der Waals surface area contributed by atoms with Crippen LogP contribution in [0.4, 0.5) is 18.9 Å². The normalized spacial score (nSPS) is 19.6. The summed E-state index contributed by atoms with van der Waals surface area (Å²) in [6.07, 6.45) is -3.69. The SMILES string of the molecule is CCC1COCCN1c1ccc(C(F)(F)F)c(C(=N)N)c1. The number of alkyl halides is 3. The molecule has 1 heterocycles. The van der Waals surface area contributed by atoms with Crippen LogP contribution in [0.1, 0.15) is 24.5 Å². The second-order valence-corrected chi connectivity index (χ2v) is 4.97. The molecule has 0 aliphatic carbocycles. The molecule has 1 aromatic carbocycles. The summed E-state index contributed by atoms with van der Waals surface area (Å²) in [5, 5.41) is 7.40. The zero-order valence-electron chi connectivity index (χ0n) is 11.7. The average molecular weight is 301 g/mol. The number of amidine groups is 1. The molecule has 1 atom stereocenters. The topological polar surface area (TPSA) is 62.3 Å². The molecule has 0 spiro atoms. The zero-order valence-corrected chi connectivity index (χ0v) is 11.7. The first kappa shape index (κ1) is 15.6. The van der Waals surface area contributed by atoms with Gasteiger partial charge < -0.3 is 15.4 Å². The van der Waals surface area contributed by atoms with Gasteiger partial charge in [-0.2, -0.15) is 13.2 Å². The van der Waals surface area contributed by atoms with Gasteiger partial charge in [-0.15, -0.1) is 0 Å². The fourth-order valence-corrected chi connectivity index (χ4v) is 2.51. The fourth-order valence-electron chi connectivity index (χ4n) is 2.51. The monoisotopic (exact) mass is 301 g/mol. The molecule has 2 rings (SSSR count). The van der Waals surface area contributed by atoms with Crippen molar-refractivity contribution in [1.29, 1.82) is 5.41 Å². The van der Waals surface area contributed by atoms with Crippen LogP contribution in [0.15, 0.2) is 18.2 Å². The Morgan fingerprint density at radius 1 is 1.48 bits per heavy atom. The van der Waals surface area contributed by atoms with Gasteiger partial charge in [-0.25, -0.2) is 0 Å². The van der Waals surface area contributed by atoms with Crippen molar-refractivity contribution in [2.75, 3.05) is 24.7 Å². The third-order valence-corrected chi connectivity index (χ3v) is 3.63. The van der Waals surface area contributed by atoms with E-state index >= 15 is 0 Å². The third-order valence-electron chi connectivity index (χ3n) is 3.63. The van der Waals surface area contributed by atoms with Gasteiger partial charge in [0.25, 0.3) is 0 Å². The Bertz CT molecular complexity index is 531. The predicted molar refractivity (Wildman–Crippen MR) is 74.7 cm³/mol. The number of morpholine rings is 1. The lowest BCUT2D eigenvalue weighted by atomic mass is 10.0. The quantitative estimate of drug-likeness (QED) is 0.666. The number of hydrogen-bond acceptors (Lipinski definition) is 3. The fraction of sp³-hybridized carbons (Fsp3) is 0.500. The second kappa shape index (κ2) is 5.93. The minimum atomic E-state index is -4.52. The van der Waals surface area contributed by atoms with E-state index in [1.807, 2.05) is 11.8 Å². The number of nitrogen functional groups attached to an aromatic ring is 1. The van der Waals surface area contributed by atoms with Crippen LogP contribution in [0.5, 0.6) is 0 Å². The summed E-state index contributed by atoms with van der Waals surface area (Å²) >= 11 is 0. The molecule has 0 saturated carbocycles. The Morgan fingerprint density at radius 3 is 2.76 bits per heavy atom. The van der Waals surface area contributed by atoms with Crippen molar-refractivity contribution in [2.24, 2.45) is 5.73 Å². The Labute approximate surface area is 121 Å². The Balaban J connectivity index is 2.42. The minimum Gasteiger partial charge on any atom is -0.384 e. The smallest absolute Gasteiger partial charge is 0.384 e. The van der Waals surface area contributed by atoms with Gasteiger partial charge >= 0.3 is 6.18 Å². The van der Waals surface area contributed by atoms with Gasteiger partial charge in [-0.1, -0.05) is 6.92 Å². The molecule has 0 radical (unpaired) electrons. The van der Waals surface area contributed by atoms with Gasteiger partial charge in [0.05, 0.1) is 24.8 Å². The maximum atomic E-state index is 12.9. The minimum absolute atomic E-state index is 0.121. The number of benzene rings is 1. The van der Waals surface area contributed by atoms with Gasteiger partial charge in [-0.05, 0) is 24.6 Å². The number of nitrogens with two attached hydrogens (primary N) is 1. The first-order valence-corrected chi connectivity index (χ1v) is 6.74. The lowest BCUT2D eigenvalue weighted by molar-refractivity contribution is -0.137. The number of nitrogens with zero attached hydrogens (tertiary/aromatic N) is 1. The van der Waals surface area contributed by atoms with Crippen LogP contribution in [0.25, 0.3) is 0 Å². The molecule has 1 aliphatic rings. The molecule has 1 aromatic rings. The summed E-state index contributed by atoms with van der Waals surface area (Å²) in [5.74, 6) is -0.578. The van der Waals surface area contributed by atoms with Crippen LogP contribution in [-0.2, 0) is 10.9 Å². The van der Waals surface area contributed by atoms with Crippen molar-refractivity contribution in [3.63, 3.8) is 0 Å². The van der Waals surface area contributed by atoms with E-state index in [4.69, 9.17) is 15.9 Å². The molecule has 0 amide bonds. The molecule has 1 saturated heterocycles. The predicted octanol–water partition coefficient (Wildman–Crippen LogP) is 2.60. The molecule has 1 fully saturated rings. The van der Waals surface area contributed by atoms with E-state index in [1.165, 1.54) is 12.1 Å². The summed E-state index contributed by atoms with van der Waals surface area (Å²) in [5.41, 5.74) is 4.81. The van der Waals surface area contributed by atoms with E-state index in [0.717, 1.165) is 12.5 Å². The van der Waals surface area contributed by atoms with Gasteiger partial charge in [0.15, 0.2) is 0 Å². The van der Waals surface area contributed by atoms with Crippen LogP contribution in [0, 0.1) is 5.41 Å². The van der Waals surface area contributed by atoms with Crippen molar-refractivity contribution in [3.8, 4) is 0 Å². The number of rotatable bonds is 3. The van der Waals surface area contributed by atoms with E-state index < -0.39 is 17.6 Å². The molecule has 7 heteroatoms. The van der Waals surface area contributed by atoms with Crippen LogP contribution < -0.4 is 10.6 Å². The molecular formula is C14H18F3N3O. The third kappa shape index (κ3) is 3.29. The standard InChI is InChI=1S/C14H18F3N3O/c1-2-9-8-21-6-5-20(9)10-3-4-12(14(15,16)17)11(7-10)13(18)19/h3-4,7,9H,2,5-6,8H2,1H3,(H3,18,19). The summed E-state index contributed by atoms with van der Waals surface area (Å²) in [6.45, 7) is 3.70. The van der Waals surface area contributed by atoms with Gasteiger partial charge in [0.1, 0.15) is 5.84 Å². The molecule has 1 unspecified atom stereocenters. The van der Waals surface area contributed by atoms with E-state index in [1.54, 1.807) is 0 Å². The highest BCUT2D eigenvalue weighted by Crippen LogP contribution is 2.34. The molecule has 116 valence electrons. The van der Waals surface area contributed by atoms with Crippen LogP contribution in [-0.4, -0.2) is 31.6 Å². The highest BCUT2D eigenvalue weighted by Gasteiger charge is 2.34. The number of hydrogen-bond donors (Lipinski definition) is 2. The second-order valence-electron chi connectivity index (χ2n) is 4.97. The van der Waals surface area contributed by atoms with Gasteiger partial charge in [0, 0.05) is 17.8 Å². The molecule has 4 nitrogen and oxygen atoms in total. The van der Waals surface area contributed by atoms with Gasteiger partial charge in [-0.3, -0.25) is 5.41 Å². The Morgan fingerprint density at radius 2 is 2.19 bits per heavy atom. The molecule has 0 aromatic heterocycles. The van der Waals surface area contributed by atoms with Crippen molar-refractivity contribution < 1.29 is 17.9 Å². The summed E-state index contributed by atoms with van der Waals surface area (Å²) in [6, 6.07) is 3.90. The number of halogens is 3. The maximum Gasteiger partial charge on any atom is 0.417 e. The maximum absolute atomic E-state index is 12.9. The van der Waals surface area contributed by atoms with Crippen LogP contribution in [0.2, 0.25) is 0 Å². The number of nitrogens with one attached hydrogen (secondary N) is 1. The van der Waals surface area contributed by atoms with Gasteiger partial charge in [0.2, 0.25) is 0 Å².